The summed E-state index contributed by atoms with van der Waals surface area (Å²) in [5.74, 6) is 1.53. The van der Waals surface area contributed by atoms with E-state index in [-0.39, 0.29) is 17.5 Å². The van der Waals surface area contributed by atoms with Crippen LogP contribution in [0.3, 0.4) is 0 Å². The fourth-order valence-electron chi connectivity index (χ4n) is 13.1. The van der Waals surface area contributed by atoms with Gasteiger partial charge in [0.2, 0.25) is 0 Å². The van der Waals surface area contributed by atoms with Crippen LogP contribution in [-0.4, -0.2) is 20.4 Å². The Bertz CT molecular complexity index is 5070. The van der Waals surface area contributed by atoms with Crippen LogP contribution in [0.2, 0.25) is 0 Å². The third kappa shape index (κ3) is 6.48. The van der Waals surface area contributed by atoms with E-state index in [4.69, 9.17) is 9.15 Å². The highest BCUT2D eigenvalue weighted by molar-refractivity contribution is 8.00. The monoisotopic (exact) mass is 1030 g/mol. The van der Waals surface area contributed by atoms with Gasteiger partial charge in [-0.05, 0) is 124 Å². The molecule has 0 amide bonds. The number of hydrogen-bond acceptors (Lipinski definition) is 5. The molecule has 0 radical (unpaired) electrons. The second kappa shape index (κ2) is 16.1. The summed E-state index contributed by atoms with van der Waals surface area (Å²) in [7, 11) is 0. The Hall–Kier alpha value is -9.41. The molecule has 79 heavy (non-hydrogen) atoms. The van der Waals surface area contributed by atoms with Crippen molar-refractivity contribution < 1.29 is 9.15 Å². The number of fused-ring (bicyclic) bond motifs is 17. The van der Waals surface area contributed by atoms with Crippen molar-refractivity contribution in [2.75, 3.05) is 0 Å². The molecule has 16 rings (SSSR count). The maximum atomic E-state index is 10.1. The van der Waals surface area contributed by atoms with Gasteiger partial charge in [0.25, 0.3) is 6.71 Å². The van der Waals surface area contributed by atoms with Gasteiger partial charge in [-0.3, -0.25) is 0 Å². The summed E-state index contributed by atoms with van der Waals surface area (Å²) in [6, 6.07) is 69.9. The standard InChI is InChI=1S/C70H48BN5O2S/c1-69(2,3)41-21-27-56-50(31-41)51-32-42(70(4,5)6)22-28-57(51)75(56)44-33-61-66-64(35-44)79-63-34-43(74-53-16-10-7-13-45(53)48-29-39(37-72)19-25-55(48)74)23-24-52(63)71(66)67-62(77-61)36-59(65-47-15-9-12-18-60(47)78-68(65)67)76-54-17-11-8-14-46(54)49-30-40(38-73)20-26-58(49)76/h7-36H,1-6H3. The van der Waals surface area contributed by atoms with Crippen LogP contribution in [0.5, 0.6) is 11.5 Å². The van der Waals surface area contributed by atoms with E-state index in [0.29, 0.717) is 11.1 Å². The lowest BCUT2D eigenvalue weighted by molar-refractivity contribution is 0.485. The van der Waals surface area contributed by atoms with E-state index in [9.17, 15) is 10.5 Å². The molecule has 0 saturated carbocycles. The molecule has 14 aromatic rings. The van der Waals surface area contributed by atoms with Crippen LogP contribution in [-0.2, 0) is 10.8 Å². The zero-order valence-corrected chi connectivity index (χ0v) is 45.2. The number of aromatic nitrogens is 3. The van der Waals surface area contributed by atoms with E-state index >= 15 is 0 Å². The molecule has 0 aliphatic carbocycles. The van der Waals surface area contributed by atoms with Crippen molar-refractivity contribution in [3.05, 3.63) is 204 Å². The van der Waals surface area contributed by atoms with Gasteiger partial charge in [0.1, 0.15) is 22.7 Å². The number of benzene rings is 10. The van der Waals surface area contributed by atoms with E-state index in [1.165, 1.54) is 27.4 Å². The molecule has 2 aliphatic rings. The third-order valence-corrected chi connectivity index (χ3v) is 18.0. The van der Waals surface area contributed by atoms with Crippen LogP contribution in [0.4, 0.5) is 0 Å². The summed E-state index contributed by atoms with van der Waals surface area (Å²) in [6.07, 6.45) is 0. The average molecular weight is 1030 g/mol. The molecule has 4 aromatic heterocycles. The van der Waals surface area contributed by atoms with Gasteiger partial charge >= 0.3 is 0 Å². The molecule has 0 spiro atoms. The lowest BCUT2D eigenvalue weighted by Gasteiger charge is -2.34. The molecule has 7 nitrogen and oxygen atoms in total. The largest absolute Gasteiger partial charge is 0.458 e. The van der Waals surface area contributed by atoms with Crippen LogP contribution < -0.4 is 21.1 Å². The number of ether oxygens (including phenoxy) is 1. The fraction of sp³-hybridized carbons (Fsp3) is 0.114. The highest BCUT2D eigenvalue weighted by Gasteiger charge is 2.43. The van der Waals surface area contributed by atoms with Crippen molar-refractivity contribution in [2.45, 2.75) is 62.2 Å². The Morgan fingerprint density at radius 1 is 0.443 bits per heavy atom. The maximum absolute atomic E-state index is 10.1. The molecule has 0 saturated heterocycles. The van der Waals surface area contributed by atoms with Crippen molar-refractivity contribution in [1.29, 1.82) is 10.5 Å². The SMILES string of the molecule is CC(C)(C)c1ccc2c(c1)c1cc(C(C)(C)C)ccc1n2-c1cc2c3c(c1)Sc1cc(-n4c5ccccc5c5cc(C#N)ccc54)ccc1B3c1c(cc(-n3c4ccccc4c4cc(C#N)ccc43)c3c1oc1ccccc13)O2. The topological polar surface area (TPSA) is 84.7 Å². The molecule has 374 valence electrons. The van der Waals surface area contributed by atoms with Crippen molar-refractivity contribution in [3.63, 3.8) is 0 Å². The minimum absolute atomic E-state index is 0.0406. The normalized spacial score (nSPS) is 13.2. The predicted octanol–water partition coefficient (Wildman–Crippen LogP) is 16.3. The number of nitrogens with zero attached hydrogens (tertiary/aromatic N) is 5. The Labute approximate surface area is 460 Å². The zero-order valence-electron chi connectivity index (χ0n) is 44.4. The first-order chi connectivity index (χ1) is 38.3. The molecular formula is C70H48BN5O2S. The molecule has 0 unspecified atom stereocenters. The van der Waals surface area contributed by atoms with Crippen LogP contribution in [0.1, 0.15) is 63.8 Å². The maximum Gasteiger partial charge on any atom is 0.258 e. The fourth-order valence-corrected chi connectivity index (χ4v) is 14.3. The van der Waals surface area contributed by atoms with E-state index < -0.39 is 0 Å². The quantitative estimate of drug-likeness (QED) is 0.165. The van der Waals surface area contributed by atoms with E-state index in [2.05, 4.69) is 219 Å². The number of rotatable bonds is 3. The minimum Gasteiger partial charge on any atom is -0.458 e. The van der Waals surface area contributed by atoms with E-state index in [0.717, 1.165) is 126 Å². The van der Waals surface area contributed by atoms with Gasteiger partial charge in [0.05, 0.1) is 73.1 Å². The molecule has 0 atom stereocenters. The van der Waals surface area contributed by atoms with Crippen LogP contribution >= 0.6 is 11.8 Å². The van der Waals surface area contributed by atoms with Crippen LogP contribution in [0, 0.1) is 22.7 Å². The Kier molecular flexibility index (Phi) is 9.32. The van der Waals surface area contributed by atoms with E-state index in [1.54, 1.807) is 11.8 Å². The Morgan fingerprint density at radius 2 is 0.949 bits per heavy atom. The zero-order chi connectivity index (χ0) is 53.4. The van der Waals surface area contributed by atoms with Crippen LogP contribution in [0.25, 0.3) is 104 Å². The van der Waals surface area contributed by atoms with Gasteiger partial charge < -0.3 is 22.9 Å². The molecular weight excluding hydrogens is 986 g/mol. The lowest BCUT2D eigenvalue weighted by atomic mass is 9.35. The molecule has 9 heteroatoms. The Morgan fingerprint density at radius 3 is 1.57 bits per heavy atom. The second-order valence-electron chi connectivity index (χ2n) is 23.5. The van der Waals surface area contributed by atoms with Gasteiger partial charge in [-0.1, -0.05) is 132 Å². The van der Waals surface area contributed by atoms with Gasteiger partial charge in [-0.25, -0.2) is 0 Å². The lowest BCUT2D eigenvalue weighted by Crippen LogP contribution is -2.58. The average Bonchev–Trinajstić information content (AvgIpc) is 4.43. The van der Waals surface area contributed by atoms with Crippen molar-refractivity contribution >= 4 is 122 Å². The van der Waals surface area contributed by atoms with Gasteiger partial charge in [-0.15, -0.1) is 0 Å². The summed E-state index contributed by atoms with van der Waals surface area (Å²) in [5, 5.41) is 28.8. The number of nitriles is 2. The molecule has 0 fully saturated rings. The van der Waals surface area contributed by atoms with Crippen molar-refractivity contribution in [1.82, 2.24) is 13.7 Å². The molecule has 0 bridgehead atoms. The summed E-state index contributed by atoms with van der Waals surface area (Å²) < 4.78 is 21.9. The van der Waals surface area contributed by atoms with Crippen molar-refractivity contribution in [2.24, 2.45) is 0 Å². The van der Waals surface area contributed by atoms with Gasteiger partial charge in [0.15, 0.2) is 0 Å². The van der Waals surface area contributed by atoms with Gasteiger partial charge in [0, 0.05) is 70.8 Å². The smallest absolute Gasteiger partial charge is 0.258 e. The molecule has 0 N–H and O–H groups in total. The molecule has 10 aromatic carbocycles. The first-order valence-corrected chi connectivity index (χ1v) is 27.8. The summed E-state index contributed by atoms with van der Waals surface area (Å²) >= 11 is 1.80. The highest BCUT2D eigenvalue weighted by Crippen LogP contribution is 2.47. The summed E-state index contributed by atoms with van der Waals surface area (Å²) in [4.78, 5) is 2.26. The predicted molar refractivity (Wildman–Crippen MR) is 325 cm³/mol. The van der Waals surface area contributed by atoms with Gasteiger partial charge in [-0.2, -0.15) is 10.5 Å². The second-order valence-corrected chi connectivity index (χ2v) is 24.6. The van der Waals surface area contributed by atoms with E-state index in [1.807, 2.05) is 30.3 Å². The first-order valence-electron chi connectivity index (χ1n) is 27.0. The first kappa shape index (κ1) is 45.8. The molecule has 2 aliphatic heterocycles. The number of para-hydroxylation sites is 3. The number of furan rings is 1. The van der Waals surface area contributed by atoms with Crippen molar-refractivity contribution in [3.8, 4) is 40.7 Å². The number of hydrogen-bond donors (Lipinski definition) is 0. The Balaban J connectivity index is 0.996. The minimum atomic E-state index is -0.264. The molecule has 6 heterocycles. The van der Waals surface area contributed by atoms with Crippen LogP contribution in [0.15, 0.2) is 196 Å². The summed E-state index contributed by atoms with van der Waals surface area (Å²) in [5.41, 5.74) is 18.0. The third-order valence-electron chi connectivity index (χ3n) is 16.9. The highest BCUT2D eigenvalue weighted by atomic mass is 32.2. The summed E-state index contributed by atoms with van der Waals surface area (Å²) in [6.45, 7) is 13.5.